The molecule has 1 aromatic rings. The number of hydrogen-bond acceptors (Lipinski definition) is 3. The zero-order chi connectivity index (χ0) is 19.2. The minimum Gasteiger partial charge on any atom is -0.356 e. The van der Waals surface area contributed by atoms with Crippen molar-refractivity contribution in [1.82, 2.24) is 20.9 Å². The van der Waals surface area contributed by atoms with Crippen LogP contribution in [0.25, 0.3) is 0 Å². The summed E-state index contributed by atoms with van der Waals surface area (Å²) in [4.78, 5) is 28.4. The summed E-state index contributed by atoms with van der Waals surface area (Å²) in [5.74, 6) is 0.429. The van der Waals surface area contributed by atoms with E-state index in [1.54, 1.807) is 7.05 Å². The van der Waals surface area contributed by atoms with E-state index in [0.717, 1.165) is 11.4 Å². The van der Waals surface area contributed by atoms with Crippen molar-refractivity contribution in [1.29, 1.82) is 0 Å². The molecule has 7 nitrogen and oxygen atoms in total. The maximum atomic E-state index is 11.5. The predicted molar refractivity (Wildman–Crippen MR) is 119 cm³/mol. The molecule has 1 fully saturated rings. The smallest absolute Gasteiger partial charge is 0.324 e. The zero-order valence-corrected chi connectivity index (χ0v) is 18.9. The normalized spacial score (nSPS) is 14.7. The Morgan fingerprint density at radius 2 is 2.07 bits per heavy atom. The second-order valence-electron chi connectivity index (χ2n) is 7.03. The molecule has 2 rings (SSSR count). The van der Waals surface area contributed by atoms with Crippen molar-refractivity contribution in [2.45, 2.75) is 20.3 Å². The van der Waals surface area contributed by atoms with Crippen LogP contribution >= 0.6 is 35.6 Å². The molecular weight excluding hydrogens is 481 g/mol. The number of imide groups is 1. The number of guanidine groups is 1. The highest BCUT2D eigenvalue weighted by atomic mass is 127. The predicted octanol–water partition coefficient (Wildman–Crippen LogP) is 2.24. The van der Waals surface area contributed by atoms with Gasteiger partial charge in [-0.25, -0.2) is 4.79 Å². The highest BCUT2D eigenvalue weighted by molar-refractivity contribution is 14.0. The molecule has 0 aliphatic carbocycles. The molecule has 1 aliphatic heterocycles. The summed E-state index contributed by atoms with van der Waals surface area (Å²) in [6.07, 6.45) is 0.875. The molecule has 3 N–H and O–H groups in total. The minimum atomic E-state index is -0.345. The van der Waals surface area contributed by atoms with Crippen molar-refractivity contribution >= 4 is 53.5 Å². The second-order valence-corrected chi connectivity index (χ2v) is 7.46. The van der Waals surface area contributed by atoms with Crippen LogP contribution in [-0.4, -0.2) is 56.0 Å². The maximum Gasteiger partial charge on any atom is 0.324 e. The molecule has 3 amide bonds. The molecule has 0 atom stereocenters. The molecule has 1 aliphatic rings. The topological polar surface area (TPSA) is 85.8 Å². The lowest BCUT2D eigenvalue weighted by Crippen LogP contribution is -2.45. The van der Waals surface area contributed by atoms with Crippen LogP contribution in [0.4, 0.5) is 4.79 Å². The van der Waals surface area contributed by atoms with Gasteiger partial charge in [-0.2, -0.15) is 0 Å². The van der Waals surface area contributed by atoms with Gasteiger partial charge in [0.05, 0.1) is 6.54 Å². The number of nitrogens with one attached hydrogen (secondary N) is 3. The lowest BCUT2D eigenvalue weighted by Gasteiger charge is -2.26. The fraction of sp³-hybridized carbons (Fsp3) is 0.500. The molecule has 1 aromatic carbocycles. The van der Waals surface area contributed by atoms with Crippen LogP contribution in [0.3, 0.4) is 0 Å². The third-order valence-corrected chi connectivity index (χ3v) is 4.33. The van der Waals surface area contributed by atoms with Crippen LogP contribution in [0.1, 0.15) is 19.4 Å². The molecule has 0 spiro atoms. The molecule has 1 heterocycles. The Hall–Kier alpha value is -1.55. The number of halogens is 2. The number of urea groups is 1. The monoisotopic (exact) mass is 507 g/mol. The van der Waals surface area contributed by atoms with Crippen LogP contribution in [0.5, 0.6) is 0 Å². The first-order chi connectivity index (χ1) is 12.3. The Labute approximate surface area is 182 Å². The van der Waals surface area contributed by atoms with E-state index in [9.17, 15) is 9.59 Å². The van der Waals surface area contributed by atoms with E-state index in [1.807, 2.05) is 18.2 Å². The first-order valence-corrected chi connectivity index (χ1v) is 8.96. The summed E-state index contributed by atoms with van der Waals surface area (Å²) in [6.45, 7) is 5.86. The molecule has 0 saturated carbocycles. The van der Waals surface area contributed by atoms with Crippen LogP contribution < -0.4 is 16.0 Å². The summed E-state index contributed by atoms with van der Waals surface area (Å²) in [7, 11) is 1.69. The first-order valence-electron chi connectivity index (χ1n) is 8.58. The number of carbonyl (C=O) groups excluding carboxylic acids is 2. The first kappa shape index (κ1) is 23.5. The Morgan fingerprint density at radius 1 is 1.33 bits per heavy atom. The maximum absolute atomic E-state index is 11.5. The number of amides is 3. The van der Waals surface area contributed by atoms with Gasteiger partial charge in [0.25, 0.3) is 0 Å². The van der Waals surface area contributed by atoms with E-state index in [1.165, 1.54) is 10.5 Å². The fourth-order valence-electron chi connectivity index (χ4n) is 2.77. The molecule has 0 aromatic heterocycles. The number of aliphatic imine (C=N–C) groups is 1. The third kappa shape index (κ3) is 7.53. The summed E-state index contributed by atoms with van der Waals surface area (Å²) in [6, 6.07) is 7.53. The molecular formula is C18H27ClIN5O2. The van der Waals surface area contributed by atoms with Gasteiger partial charge in [-0.15, -0.1) is 24.0 Å². The molecule has 1 saturated heterocycles. The number of nitrogens with zero attached hydrogens (tertiary/aromatic N) is 2. The van der Waals surface area contributed by atoms with Crippen molar-refractivity contribution in [3.05, 3.63) is 34.9 Å². The Balaban J connectivity index is 0.00000364. The molecule has 9 heteroatoms. The quantitative estimate of drug-likeness (QED) is 0.229. The molecule has 0 radical (unpaired) electrons. The van der Waals surface area contributed by atoms with E-state index in [2.05, 4.69) is 40.9 Å². The molecule has 150 valence electrons. The Bertz CT molecular complexity index is 680. The lowest BCUT2D eigenvalue weighted by molar-refractivity contribution is -0.124. The number of hydrogen-bond donors (Lipinski definition) is 3. The van der Waals surface area contributed by atoms with Crippen LogP contribution in [-0.2, 0) is 11.2 Å². The van der Waals surface area contributed by atoms with Crippen LogP contribution in [0.2, 0.25) is 5.02 Å². The average Bonchev–Trinajstić information content (AvgIpc) is 2.89. The minimum absolute atomic E-state index is 0. The van der Waals surface area contributed by atoms with Gasteiger partial charge in [-0.1, -0.05) is 37.6 Å². The second kappa shape index (κ2) is 10.7. The molecule has 27 heavy (non-hydrogen) atoms. The van der Waals surface area contributed by atoms with Gasteiger partial charge in [0.1, 0.15) is 0 Å². The fourth-order valence-corrected chi connectivity index (χ4v) is 2.99. The van der Waals surface area contributed by atoms with Gasteiger partial charge in [0.15, 0.2) is 5.96 Å². The Kier molecular flexibility index (Phi) is 9.31. The summed E-state index contributed by atoms with van der Waals surface area (Å²) in [5, 5.41) is 9.66. The van der Waals surface area contributed by atoms with E-state index in [4.69, 9.17) is 11.6 Å². The molecule has 0 bridgehead atoms. The van der Waals surface area contributed by atoms with Gasteiger partial charge < -0.3 is 16.0 Å². The third-order valence-electron chi connectivity index (χ3n) is 4.09. The van der Waals surface area contributed by atoms with E-state index in [-0.39, 0.29) is 47.9 Å². The molecule has 0 unspecified atom stereocenters. The van der Waals surface area contributed by atoms with Crippen molar-refractivity contribution < 1.29 is 9.59 Å². The number of benzene rings is 1. The van der Waals surface area contributed by atoms with Crippen LogP contribution in [0.15, 0.2) is 29.3 Å². The van der Waals surface area contributed by atoms with Gasteiger partial charge in [-0.3, -0.25) is 14.7 Å². The van der Waals surface area contributed by atoms with E-state index >= 15 is 0 Å². The number of rotatable bonds is 7. The SMILES string of the molecule is CN=C(NCCN1C(=O)CNC1=O)NCC(C)(C)Cc1cccc(Cl)c1.I. The van der Waals surface area contributed by atoms with Gasteiger partial charge >= 0.3 is 6.03 Å². The van der Waals surface area contributed by atoms with Gasteiger partial charge in [-0.05, 0) is 29.5 Å². The summed E-state index contributed by atoms with van der Waals surface area (Å²) >= 11 is 6.05. The summed E-state index contributed by atoms with van der Waals surface area (Å²) < 4.78 is 0. The van der Waals surface area contributed by atoms with Crippen molar-refractivity contribution in [3.8, 4) is 0 Å². The highest BCUT2D eigenvalue weighted by Gasteiger charge is 2.27. The van der Waals surface area contributed by atoms with E-state index in [0.29, 0.717) is 25.6 Å². The highest BCUT2D eigenvalue weighted by Crippen LogP contribution is 2.22. The Morgan fingerprint density at radius 3 is 2.67 bits per heavy atom. The van der Waals surface area contributed by atoms with Gasteiger partial charge in [0.2, 0.25) is 5.91 Å². The standard InChI is InChI=1S/C18H26ClN5O2.HI/c1-18(2,10-13-5-4-6-14(19)9-13)12-23-16(20-3)21-7-8-24-15(25)11-22-17(24)26;/h4-6,9H,7-8,10-12H2,1-3H3,(H,22,26)(H2,20,21,23);1H. The van der Waals surface area contributed by atoms with Gasteiger partial charge in [0, 0.05) is 31.7 Å². The summed E-state index contributed by atoms with van der Waals surface area (Å²) in [5.41, 5.74) is 1.18. The van der Waals surface area contributed by atoms with Crippen molar-refractivity contribution in [3.63, 3.8) is 0 Å². The van der Waals surface area contributed by atoms with Crippen molar-refractivity contribution in [2.75, 3.05) is 33.2 Å². The lowest BCUT2D eigenvalue weighted by atomic mass is 9.86. The average molecular weight is 508 g/mol. The number of carbonyl (C=O) groups is 2. The van der Waals surface area contributed by atoms with Crippen LogP contribution in [0, 0.1) is 5.41 Å². The zero-order valence-electron chi connectivity index (χ0n) is 15.8. The van der Waals surface area contributed by atoms with E-state index < -0.39 is 0 Å². The largest absolute Gasteiger partial charge is 0.356 e. The van der Waals surface area contributed by atoms with Crippen molar-refractivity contribution in [2.24, 2.45) is 10.4 Å².